The van der Waals surface area contributed by atoms with Gasteiger partial charge in [0.2, 0.25) is 5.91 Å². The van der Waals surface area contributed by atoms with Crippen LogP contribution < -0.4 is 10.4 Å². The van der Waals surface area contributed by atoms with Crippen molar-refractivity contribution < 1.29 is 19.5 Å². The summed E-state index contributed by atoms with van der Waals surface area (Å²) < 4.78 is 0.486. The number of carbonyl (C=O) groups excluding carboxylic acids is 3. The first-order valence-corrected chi connectivity index (χ1v) is 11.1. The Hall–Kier alpha value is -2.97. The van der Waals surface area contributed by atoms with Crippen LogP contribution in [-0.2, 0) is 16.0 Å². The molecule has 31 heavy (non-hydrogen) atoms. The van der Waals surface area contributed by atoms with E-state index in [1.165, 1.54) is 46.5 Å². The number of rotatable bonds is 8. The number of carboxylic acid groups (broad SMARTS) is 1. The molecule has 6 nitrogen and oxygen atoms in total. The van der Waals surface area contributed by atoms with Gasteiger partial charge in [-0.3, -0.25) is 14.5 Å². The number of aromatic carboxylic acids is 1. The molecule has 0 bridgehead atoms. The average molecular weight is 454 g/mol. The summed E-state index contributed by atoms with van der Waals surface area (Å²) in [7, 11) is 0. The normalized spacial score (nSPS) is 14.9. The van der Waals surface area contributed by atoms with Crippen LogP contribution in [0.4, 0.5) is 5.69 Å². The van der Waals surface area contributed by atoms with Crippen LogP contribution in [0.2, 0.25) is 0 Å². The van der Waals surface area contributed by atoms with E-state index in [4.69, 9.17) is 12.2 Å². The van der Waals surface area contributed by atoms with Gasteiger partial charge in [0.1, 0.15) is 4.32 Å². The zero-order chi connectivity index (χ0) is 22.4. The summed E-state index contributed by atoms with van der Waals surface area (Å²) in [6.07, 6.45) is 3.45. The van der Waals surface area contributed by atoms with E-state index in [1.54, 1.807) is 0 Å². The molecule has 0 atom stereocenters. The lowest BCUT2D eigenvalue weighted by atomic mass is 10.1. The Morgan fingerprint density at radius 1 is 1.13 bits per heavy atom. The van der Waals surface area contributed by atoms with E-state index in [0.29, 0.717) is 27.9 Å². The van der Waals surface area contributed by atoms with Crippen LogP contribution in [0.25, 0.3) is 6.08 Å². The highest BCUT2D eigenvalue weighted by molar-refractivity contribution is 8.26. The van der Waals surface area contributed by atoms with Crippen molar-refractivity contribution in [2.45, 2.75) is 26.2 Å². The molecule has 1 saturated heterocycles. The van der Waals surface area contributed by atoms with Crippen LogP contribution in [-0.4, -0.2) is 33.5 Å². The van der Waals surface area contributed by atoms with Crippen LogP contribution in [0, 0.1) is 0 Å². The van der Waals surface area contributed by atoms with Gasteiger partial charge in [0, 0.05) is 18.7 Å². The van der Waals surface area contributed by atoms with E-state index < -0.39 is 5.97 Å². The number of amides is 2. The summed E-state index contributed by atoms with van der Waals surface area (Å²) in [6.45, 7) is 2.45. The Bertz CT molecular complexity index is 1030. The van der Waals surface area contributed by atoms with E-state index >= 15 is 0 Å². The average Bonchev–Trinajstić information content (AvgIpc) is 3.02. The largest absolute Gasteiger partial charge is 0.545 e. The highest BCUT2D eigenvalue weighted by atomic mass is 32.2. The smallest absolute Gasteiger partial charge is 0.266 e. The lowest BCUT2D eigenvalue weighted by Gasteiger charge is -2.14. The maximum atomic E-state index is 12.7. The Labute approximate surface area is 190 Å². The fourth-order valence-corrected chi connectivity index (χ4v) is 4.31. The second-order valence-electron chi connectivity index (χ2n) is 6.95. The molecule has 0 spiro atoms. The van der Waals surface area contributed by atoms with Crippen molar-refractivity contribution >= 4 is 57.8 Å². The molecule has 3 rings (SSSR count). The minimum absolute atomic E-state index is 0.0433. The zero-order valence-corrected chi connectivity index (χ0v) is 18.6. The molecule has 0 aromatic heterocycles. The van der Waals surface area contributed by atoms with Gasteiger partial charge in [-0.15, -0.1) is 0 Å². The van der Waals surface area contributed by atoms with Crippen LogP contribution in [0.15, 0.2) is 53.4 Å². The molecule has 1 heterocycles. The minimum Gasteiger partial charge on any atom is -0.545 e. The van der Waals surface area contributed by atoms with Crippen molar-refractivity contribution in [3.05, 3.63) is 70.1 Å². The fraction of sp³-hybridized carbons (Fsp3) is 0.217. The molecule has 8 heteroatoms. The monoisotopic (exact) mass is 453 g/mol. The summed E-state index contributed by atoms with van der Waals surface area (Å²) in [5, 5.41) is 13.5. The molecule has 1 N–H and O–H groups in total. The Morgan fingerprint density at radius 3 is 2.42 bits per heavy atom. The number of carbonyl (C=O) groups is 3. The first kappa shape index (κ1) is 22.7. The molecular formula is C23H21N2O4S2-. The number of anilines is 1. The number of benzene rings is 2. The van der Waals surface area contributed by atoms with Gasteiger partial charge in [-0.05, 0) is 47.7 Å². The maximum absolute atomic E-state index is 12.7. The SMILES string of the molecule is CCc1ccc(/C=C2\SC(=S)N(CCCC(=O)Nc3ccc(C(=O)[O-])cc3)C2=O)cc1. The summed E-state index contributed by atoms with van der Waals surface area (Å²) in [5.41, 5.74) is 2.72. The van der Waals surface area contributed by atoms with Gasteiger partial charge >= 0.3 is 0 Å². The van der Waals surface area contributed by atoms with E-state index in [9.17, 15) is 19.5 Å². The fourth-order valence-electron chi connectivity index (χ4n) is 3.00. The molecule has 2 amide bonds. The number of thioether (sulfide) groups is 1. The number of aryl methyl sites for hydroxylation is 1. The van der Waals surface area contributed by atoms with Crippen molar-refractivity contribution in [2.75, 3.05) is 11.9 Å². The summed E-state index contributed by atoms with van der Waals surface area (Å²) in [6, 6.07) is 13.8. The Morgan fingerprint density at radius 2 is 1.81 bits per heavy atom. The lowest BCUT2D eigenvalue weighted by Crippen LogP contribution is -2.29. The topological polar surface area (TPSA) is 89.5 Å². The lowest BCUT2D eigenvalue weighted by molar-refractivity contribution is -0.255. The van der Waals surface area contributed by atoms with Crippen molar-refractivity contribution in [3.63, 3.8) is 0 Å². The molecule has 1 aliphatic heterocycles. The zero-order valence-electron chi connectivity index (χ0n) is 16.9. The number of hydrogen-bond donors (Lipinski definition) is 1. The standard InChI is InChI=1S/C23H22N2O4S2/c1-2-15-5-7-16(8-6-15)14-19-21(27)25(23(30)31-19)13-3-4-20(26)24-18-11-9-17(10-12-18)22(28)29/h5-12,14H,2-4,13H2,1H3,(H,24,26)(H,28,29)/p-1/b19-14-. The van der Waals surface area contributed by atoms with E-state index in [2.05, 4.69) is 12.2 Å². The Kier molecular flexibility index (Phi) is 7.59. The van der Waals surface area contributed by atoms with Gasteiger partial charge in [-0.1, -0.05) is 67.3 Å². The molecule has 2 aromatic carbocycles. The third-order valence-corrected chi connectivity index (χ3v) is 6.13. The molecule has 0 saturated carbocycles. The first-order chi connectivity index (χ1) is 14.9. The second-order valence-corrected chi connectivity index (χ2v) is 8.62. The predicted octanol–water partition coefficient (Wildman–Crippen LogP) is 3.23. The molecule has 1 aliphatic rings. The van der Waals surface area contributed by atoms with E-state index in [-0.39, 0.29) is 23.8 Å². The van der Waals surface area contributed by atoms with Crippen LogP contribution in [0.3, 0.4) is 0 Å². The number of nitrogens with zero attached hydrogens (tertiary/aromatic N) is 1. The quantitative estimate of drug-likeness (QED) is 0.488. The van der Waals surface area contributed by atoms with Crippen LogP contribution in [0.1, 0.15) is 41.3 Å². The molecular weight excluding hydrogens is 432 g/mol. The van der Waals surface area contributed by atoms with Gasteiger partial charge in [0.15, 0.2) is 0 Å². The predicted molar refractivity (Wildman–Crippen MR) is 124 cm³/mol. The third kappa shape index (κ3) is 6.02. The van der Waals surface area contributed by atoms with E-state index in [1.807, 2.05) is 30.3 Å². The maximum Gasteiger partial charge on any atom is 0.266 e. The highest BCUT2D eigenvalue weighted by Crippen LogP contribution is 2.32. The van der Waals surface area contributed by atoms with Gasteiger partial charge in [0.05, 0.1) is 10.9 Å². The summed E-state index contributed by atoms with van der Waals surface area (Å²) in [5.74, 6) is -1.64. The molecule has 1 fully saturated rings. The van der Waals surface area contributed by atoms with Gasteiger partial charge in [-0.25, -0.2) is 0 Å². The van der Waals surface area contributed by atoms with Crippen molar-refractivity contribution in [3.8, 4) is 0 Å². The molecule has 160 valence electrons. The van der Waals surface area contributed by atoms with Crippen LogP contribution >= 0.6 is 24.0 Å². The third-order valence-electron chi connectivity index (χ3n) is 4.75. The van der Waals surface area contributed by atoms with Crippen molar-refractivity contribution in [1.29, 1.82) is 0 Å². The minimum atomic E-state index is -1.27. The summed E-state index contributed by atoms with van der Waals surface area (Å²) >= 11 is 6.61. The second kappa shape index (κ2) is 10.4. The number of carboxylic acids is 1. The molecule has 0 unspecified atom stereocenters. The van der Waals surface area contributed by atoms with Gasteiger partial charge in [0.25, 0.3) is 5.91 Å². The molecule has 0 aliphatic carbocycles. The van der Waals surface area contributed by atoms with Crippen LogP contribution in [0.5, 0.6) is 0 Å². The molecule has 2 aromatic rings. The highest BCUT2D eigenvalue weighted by Gasteiger charge is 2.31. The van der Waals surface area contributed by atoms with E-state index in [0.717, 1.165) is 12.0 Å². The van der Waals surface area contributed by atoms with Crippen molar-refractivity contribution in [1.82, 2.24) is 4.90 Å². The number of nitrogens with one attached hydrogen (secondary N) is 1. The number of hydrogen-bond acceptors (Lipinski definition) is 6. The summed E-state index contributed by atoms with van der Waals surface area (Å²) in [4.78, 5) is 37.7. The van der Waals surface area contributed by atoms with Crippen molar-refractivity contribution in [2.24, 2.45) is 0 Å². The van der Waals surface area contributed by atoms with Gasteiger partial charge < -0.3 is 15.2 Å². The number of thiocarbonyl (C=S) groups is 1. The molecule has 0 radical (unpaired) electrons. The van der Waals surface area contributed by atoms with Gasteiger partial charge in [-0.2, -0.15) is 0 Å². The Balaban J connectivity index is 1.51. The first-order valence-electron chi connectivity index (χ1n) is 9.83.